The Morgan fingerprint density at radius 3 is 2.64 bits per heavy atom. The van der Waals surface area contributed by atoms with Crippen LogP contribution in [0.2, 0.25) is 0 Å². The number of ether oxygens (including phenoxy) is 1. The number of carbonyl (C=O) groups is 1. The van der Waals surface area contributed by atoms with Crippen LogP contribution in [0.15, 0.2) is 0 Å². The summed E-state index contributed by atoms with van der Waals surface area (Å²) in [5.74, 6) is -0.152. The van der Waals surface area contributed by atoms with Gasteiger partial charge in [-0.2, -0.15) is 0 Å². The first-order valence-electron chi connectivity index (χ1n) is 4.12. The number of halogens is 1. The van der Waals surface area contributed by atoms with Crippen molar-refractivity contribution in [2.24, 2.45) is 0 Å². The maximum absolute atomic E-state index is 11.1. The summed E-state index contributed by atoms with van der Waals surface area (Å²) < 4.78 is 28.9. The standard InChI is InChI=1S/C7H14ClNO4S/c1-13-7(10)3-5-9-14(11,12)6-2-4-8/h9H,2-6H2,1H3. The molecule has 14 heavy (non-hydrogen) atoms. The summed E-state index contributed by atoms with van der Waals surface area (Å²) in [5.41, 5.74) is 0. The minimum atomic E-state index is -3.29. The second kappa shape index (κ2) is 7.03. The Morgan fingerprint density at radius 1 is 1.50 bits per heavy atom. The number of methoxy groups -OCH3 is 1. The lowest BCUT2D eigenvalue weighted by Crippen LogP contribution is -2.28. The SMILES string of the molecule is COC(=O)CCNS(=O)(=O)CCCCl. The van der Waals surface area contributed by atoms with Gasteiger partial charge in [-0.3, -0.25) is 4.79 Å². The fraction of sp³-hybridized carbons (Fsp3) is 0.857. The van der Waals surface area contributed by atoms with Crippen molar-refractivity contribution in [1.82, 2.24) is 4.72 Å². The zero-order chi connectivity index (χ0) is 11.0. The Kier molecular flexibility index (Phi) is 6.86. The maximum atomic E-state index is 11.1. The van der Waals surface area contributed by atoms with Crippen LogP contribution in [-0.4, -0.2) is 39.7 Å². The van der Waals surface area contributed by atoms with Crippen LogP contribution in [0.5, 0.6) is 0 Å². The highest BCUT2D eigenvalue weighted by molar-refractivity contribution is 7.89. The van der Waals surface area contributed by atoms with Crippen LogP contribution in [-0.2, 0) is 19.6 Å². The van der Waals surface area contributed by atoms with E-state index < -0.39 is 16.0 Å². The molecule has 0 unspecified atom stereocenters. The van der Waals surface area contributed by atoms with Crippen LogP contribution in [0.3, 0.4) is 0 Å². The molecule has 0 fully saturated rings. The summed E-state index contributed by atoms with van der Waals surface area (Å²) in [5, 5.41) is 0. The van der Waals surface area contributed by atoms with Gasteiger partial charge in [-0.25, -0.2) is 13.1 Å². The number of esters is 1. The van der Waals surface area contributed by atoms with E-state index in [4.69, 9.17) is 11.6 Å². The zero-order valence-corrected chi connectivity index (χ0v) is 9.53. The van der Waals surface area contributed by atoms with Crippen LogP contribution >= 0.6 is 11.6 Å². The summed E-state index contributed by atoms with van der Waals surface area (Å²) in [6.45, 7) is 0.0668. The quantitative estimate of drug-likeness (QED) is 0.508. The summed E-state index contributed by atoms with van der Waals surface area (Å²) in [4.78, 5) is 10.6. The van der Waals surface area contributed by atoms with Crippen molar-refractivity contribution in [2.45, 2.75) is 12.8 Å². The number of sulfonamides is 1. The van der Waals surface area contributed by atoms with Gasteiger partial charge in [0.15, 0.2) is 0 Å². The van der Waals surface area contributed by atoms with Crippen molar-refractivity contribution in [1.29, 1.82) is 0 Å². The lowest BCUT2D eigenvalue weighted by molar-refractivity contribution is -0.140. The molecule has 0 aromatic heterocycles. The van der Waals surface area contributed by atoms with E-state index in [1.54, 1.807) is 0 Å². The Bertz CT molecular complexity index is 265. The van der Waals surface area contributed by atoms with Crippen molar-refractivity contribution in [3.8, 4) is 0 Å². The number of alkyl halides is 1. The smallest absolute Gasteiger partial charge is 0.306 e. The second-order valence-corrected chi connectivity index (χ2v) is 4.89. The number of rotatable bonds is 7. The van der Waals surface area contributed by atoms with Gasteiger partial charge in [-0.05, 0) is 6.42 Å². The molecule has 0 heterocycles. The predicted octanol–water partition coefficient (Wildman–Crippen LogP) is 0.0978. The van der Waals surface area contributed by atoms with Gasteiger partial charge in [-0.1, -0.05) is 0 Å². The van der Waals surface area contributed by atoms with E-state index in [0.29, 0.717) is 12.3 Å². The molecule has 1 N–H and O–H groups in total. The first-order valence-corrected chi connectivity index (χ1v) is 6.30. The van der Waals surface area contributed by atoms with Crippen molar-refractivity contribution in [3.63, 3.8) is 0 Å². The van der Waals surface area contributed by atoms with Crippen LogP contribution in [0.1, 0.15) is 12.8 Å². The lowest BCUT2D eigenvalue weighted by atomic mass is 10.4. The number of hydrogen-bond donors (Lipinski definition) is 1. The average Bonchev–Trinajstić information content (AvgIpc) is 2.14. The molecule has 0 spiro atoms. The molecule has 0 saturated heterocycles. The van der Waals surface area contributed by atoms with E-state index in [0.717, 1.165) is 0 Å². The Balaban J connectivity index is 3.71. The largest absolute Gasteiger partial charge is 0.469 e. The van der Waals surface area contributed by atoms with Gasteiger partial charge >= 0.3 is 5.97 Å². The van der Waals surface area contributed by atoms with Gasteiger partial charge in [0.05, 0.1) is 19.3 Å². The molecule has 0 bridgehead atoms. The number of nitrogens with one attached hydrogen (secondary N) is 1. The molecule has 5 nitrogen and oxygen atoms in total. The minimum Gasteiger partial charge on any atom is -0.469 e. The number of carbonyl (C=O) groups excluding carboxylic acids is 1. The minimum absolute atomic E-state index is 0.0162. The first kappa shape index (κ1) is 13.7. The van der Waals surface area contributed by atoms with E-state index in [-0.39, 0.29) is 18.7 Å². The third-order valence-electron chi connectivity index (χ3n) is 1.43. The Labute approximate surface area is 88.8 Å². The molecule has 0 radical (unpaired) electrons. The molecule has 0 aliphatic rings. The molecule has 0 aromatic carbocycles. The maximum Gasteiger partial charge on any atom is 0.306 e. The first-order chi connectivity index (χ1) is 6.52. The highest BCUT2D eigenvalue weighted by atomic mass is 35.5. The van der Waals surface area contributed by atoms with Crippen LogP contribution in [0.25, 0.3) is 0 Å². The van der Waals surface area contributed by atoms with E-state index in [1.165, 1.54) is 7.11 Å². The highest BCUT2D eigenvalue weighted by Gasteiger charge is 2.09. The van der Waals surface area contributed by atoms with E-state index in [2.05, 4.69) is 9.46 Å². The summed E-state index contributed by atoms with van der Waals surface area (Å²) in [7, 11) is -2.04. The molecular formula is C7H14ClNO4S. The third kappa shape index (κ3) is 7.11. The molecule has 0 aliphatic carbocycles. The topological polar surface area (TPSA) is 72.5 Å². The van der Waals surface area contributed by atoms with Gasteiger partial charge in [0.2, 0.25) is 10.0 Å². The number of hydrogen-bond acceptors (Lipinski definition) is 4. The highest BCUT2D eigenvalue weighted by Crippen LogP contribution is 1.92. The van der Waals surface area contributed by atoms with E-state index in [1.807, 2.05) is 0 Å². The summed E-state index contributed by atoms with van der Waals surface area (Å²) in [6, 6.07) is 0. The zero-order valence-electron chi connectivity index (χ0n) is 7.95. The van der Waals surface area contributed by atoms with Crippen molar-refractivity contribution in [3.05, 3.63) is 0 Å². The van der Waals surface area contributed by atoms with E-state index >= 15 is 0 Å². The Hall–Kier alpha value is -0.330. The fourth-order valence-electron chi connectivity index (χ4n) is 0.727. The molecule has 0 saturated carbocycles. The molecular weight excluding hydrogens is 230 g/mol. The van der Waals surface area contributed by atoms with Gasteiger partial charge in [-0.15, -0.1) is 11.6 Å². The molecule has 0 amide bonds. The lowest BCUT2D eigenvalue weighted by Gasteiger charge is -2.04. The van der Waals surface area contributed by atoms with Crippen LogP contribution < -0.4 is 4.72 Å². The van der Waals surface area contributed by atoms with Crippen LogP contribution in [0.4, 0.5) is 0 Å². The molecule has 0 rings (SSSR count). The molecule has 0 aromatic rings. The molecule has 7 heteroatoms. The van der Waals surface area contributed by atoms with Crippen LogP contribution in [0, 0.1) is 0 Å². The van der Waals surface area contributed by atoms with Gasteiger partial charge in [0.25, 0.3) is 0 Å². The summed E-state index contributed by atoms with van der Waals surface area (Å²) >= 11 is 5.35. The third-order valence-corrected chi connectivity index (χ3v) is 3.16. The van der Waals surface area contributed by atoms with Crippen molar-refractivity contribution >= 4 is 27.6 Å². The van der Waals surface area contributed by atoms with E-state index in [9.17, 15) is 13.2 Å². The van der Waals surface area contributed by atoms with Crippen molar-refractivity contribution < 1.29 is 17.9 Å². The average molecular weight is 244 g/mol. The summed E-state index contributed by atoms with van der Waals surface area (Å²) in [6.07, 6.45) is 0.436. The van der Waals surface area contributed by atoms with Gasteiger partial charge in [0, 0.05) is 12.4 Å². The monoisotopic (exact) mass is 243 g/mol. The predicted molar refractivity (Wildman–Crippen MR) is 53.8 cm³/mol. The molecule has 0 atom stereocenters. The molecule has 0 aliphatic heterocycles. The van der Waals surface area contributed by atoms with Crippen molar-refractivity contribution in [2.75, 3.05) is 25.3 Å². The molecule has 84 valence electrons. The Morgan fingerprint density at radius 2 is 2.14 bits per heavy atom. The normalized spacial score (nSPS) is 11.3. The van der Waals surface area contributed by atoms with Gasteiger partial charge in [0.1, 0.15) is 0 Å². The van der Waals surface area contributed by atoms with Gasteiger partial charge < -0.3 is 4.74 Å². The second-order valence-electron chi connectivity index (χ2n) is 2.58. The fourth-order valence-corrected chi connectivity index (χ4v) is 2.10.